The Morgan fingerprint density at radius 3 is 2.89 bits per heavy atom. The van der Waals surface area contributed by atoms with Crippen molar-refractivity contribution in [3.63, 3.8) is 0 Å². The summed E-state index contributed by atoms with van der Waals surface area (Å²) in [5.74, 6) is -0.593. The van der Waals surface area contributed by atoms with Gasteiger partial charge < -0.3 is 14.7 Å². The molecule has 0 spiro atoms. The Morgan fingerprint density at radius 1 is 1.53 bits per heavy atom. The third-order valence-corrected chi connectivity index (χ3v) is 3.09. The average Bonchev–Trinajstić information content (AvgIpc) is 3.21. The molecule has 1 fully saturated rings. The van der Waals surface area contributed by atoms with E-state index < -0.39 is 5.82 Å². The van der Waals surface area contributed by atoms with Crippen LogP contribution in [0.2, 0.25) is 0 Å². The highest BCUT2D eigenvalue weighted by Crippen LogP contribution is 2.27. The van der Waals surface area contributed by atoms with Crippen molar-refractivity contribution in [2.45, 2.75) is 25.8 Å². The Morgan fingerprint density at radius 2 is 2.26 bits per heavy atom. The first-order chi connectivity index (χ1) is 9.11. The summed E-state index contributed by atoms with van der Waals surface area (Å²) in [4.78, 5) is 13.6. The Labute approximate surface area is 111 Å². The molecule has 1 aromatic carbocycles. The molecule has 0 aliphatic heterocycles. The Kier molecular flexibility index (Phi) is 4.37. The SMILES string of the molecule is Cc1ccc(F)c(OCC(=O)N(CCO)C2CC2)c1. The topological polar surface area (TPSA) is 49.8 Å². The molecule has 0 atom stereocenters. The van der Waals surface area contributed by atoms with Gasteiger partial charge in [-0.2, -0.15) is 0 Å². The van der Waals surface area contributed by atoms with Crippen LogP contribution in [0.1, 0.15) is 18.4 Å². The molecule has 0 heterocycles. The second-order valence-corrected chi connectivity index (χ2v) is 4.76. The number of carbonyl (C=O) groups is 1. The predicted octanol–water partition coefficient (Wildman–Crippen LogP) is 1.50. The number of aliphatic hydroxyl groups excluding tert-OH is 1. The summed E-state index contributed by atoms with van der Waals surface area (Å²) >= 11 is 0. The number of nitrogens with zero attached hydrogens (tertiary/aromatic N) is 1. The van der Waals surface area contributed by atoms with Crippen LogP contribution < -0.4 is 4.74 Å². The summed E-state index contributed by atoms with van der Waals surface area (Å²) < 4.78 is 18.7. The molecule has 5 heteroatoms. The molecule has 1 aromatic rings. The summed E-state index contributed by atoms with van der Waals surface area (Å²) in [6, 6.07) is 4.75. The van der Waals surface area contributed by atoms with E-state index in [2.05, 4.69) is 0 Å². The molecule has 2 rings (SSSR count). The standard InChI is InChI=1S/C14H18FNO3/c1-10-2-5-12(15)13(8-10)19-9-14(18)16(6-7-17)11-3-4-11/h2,5,8,11,17H,3-4,6-7,9H2,1H3. The second-order valence-electron chi connectivity index (χ2n) is 4.76. The van der Waals surface area contributed by atoms with E-state index >= 15 is 0 Å². The number of aryl methyl sites for hydroxylation is 1. The van der Waals surface area contributed by atoms with Gasteiger partial charge in [-0.05, 0) is 37.5 Å². The second kappa shape index (κ2) is 6.02. The number of hydrogen-bond donors (Lipinski definition) is 1. The minimum absolute atomic E-state index is 0.0684. The highest BCUT2D eigenvalue weighted by atomic mass is 19.1. The van der Waals surface area contributed by atoms with Gasteiger partial charge in [0.05, 0.1) is 6.61 Å². The lowest BCUT2D eigenvalue weighted by Crippen LogP contribution is -2.38. The molecule has 4 nitrogen and oxygen atoms in total. The molecule has 0 bridgehead atoms. The van der Waals surface area contributed by atoms with Crippen molar-refractivity contribution in [1.29, 1.82) is 0 Å². The molecule has 104 valence electrons. The fraction of sp³-hybridized carbons (Fsp3) is 0.500. The van der Waals surface area contributed by atoms with Crippen LogP contribution in [0, 0.1) is 12.7 Å². The molecule has 19 heavy (non-hydrogen) atoms. The van der Waals surface area contributed by atoms with Gasteiger partial charge in [0.2, 0.25) is 0 Å². The molecule has 1 saturated carbocycles. The molecule has 1 aliphatic rings. The van der Waals surface area contributed by atoms with Crippen LogP contribution in [0.15, 0.2) is 18.2 Å². The van der Waals surface area contributed by atoms with Crippen LogP contribution in [0.25, 0.3) is 0 Å². The van der Waals surface area contributed by atoms with Crippen LogP contribution in [0.4, 0.5) is 4.39 Å². The van der Waals surface area contributed by atoms with E-state index in [-0.39, 0.29) is 30.9 Å². The van der Waals surface area contributed by atoms with E-state index in [4.69, 9.17) is 9.84 Å². The number of halogens is 1. The van der Waals surface area contributed by atoms with Crippen LogP contribution in [-0.4, -0.2) is 41.7 Å². The Bertz CT molecular complexity index is 460. The van der Waals surface area contributed by atoms with Gasteiger partial charge >= 0.3 is 0 Å². The maximum Gasteiger partial charge on any atom is 0.260 e. The molecule has 0 saturated heterocycles. The number of carbonyl (C=O) groups excluding carboxylic acids is 1. The summed E-state index contributed by atoms with van der Waals surface area (Å²) in [6.45, 7) is 1.87. The summed E-state index contributed by atoms with van der Waals surface area (Å²) in [5, 5.41) is 8.93. The molecular weight excluding hydrogens is 249 g/mol. The van der Waals surface area contributed by atoms with E-state index in [0.29, 0.717) is 6.54 Å². The number of ether oxygens (including phenoxy) is 1. The third-order valence-electron chi connectivity index (χ3n) is 3.09. The maximum absolute atomic E-state index is 13.5. The first-order valence-electron chi connectivity index (χ1n) is 6.41. The zero-order valence-corrected chi connectivity index (χ0v) is 10.9. The fourth-order valence-electron chi connectivity index (χ4n) is 1.95. The minimum atomic E-state index is -0.474. The zero-order valence-electron chi connectivity index (χ0n) is 10.9. The van der Waals surface area contributed by atoms with Gasteiger partial charge in [-0.15, -0.1) is 0 Å². The van der Waals surface area contributed by atoms with E-state index in [1.54, 1.807) is 17.0 Å². The van der Waals surface area contributed by atoms with Gasteiger partial charge in [-0.1, -0.05) is 6.07 Å². The number of amides is 1. The molecule has 0 unspecified atom stereocenters. The van der Waals surface area contributed by atoms with Crippen LogP contribution in [0.5, 0.6) is 5.75 Å². The third kappa shape index (κ3) is 3.67. The summed E-state index contributed by atoms with van der Waals surface area (Å²) in [6.07, 6.45) is 1.93. The van der Waals surface area contributed by atoms with Crippen molar-refractivity contribution >= 4 is 5.91 Å². The summed E-state index contributed by atoms with van der Waals surface area (Å²) in [5.41, 5.74) is 0.873. The molecule has 0 aromatic heterocycles. The smallest absolute Gasteiger partial charge is 0.260 e. The Hall–Kier alpha value is -1.62. The normalized spacial score (nSPS) is 14.3. The zero-order chi connectivity index (χ0) is 13.8. The number of hydrogen-bond acceptors (Lipinski definition) is 3. The number of rotatable bonds is 6. The van der Waals surface area contributed by atoms with Gasteiger partial charge in [0.1, 0.15) is 0 Å². The molecule has 1 aliphatic carbocycles. The van der Waals surface area contributed by atoms with Crippen LogP contribution in [-0.2, 0) is 4.79 Å². The maximum atomic E-state index is 13.5. The van der Waals surface area contributed by atoms with Crippen molar-refractivity contribution in [2.75, 3.05) is 19.8 Å². The van der Waals surface area contributed by atoms with Gasteiger partial charge in [-0.3, -0.25) is 4.79 Å². The summed E-state index contributed by atoms with van der Waals surface area (Å²) in [7, 11) is 0. The minimum Gasteiger partial charge on any atom is -0.481 e. The van der Waals surface area contributed by atoms with E-state index in [1.165, 1.54) is 6.07 Å². The van der Waals surface area contributed by atoms with E-state index in [1.807, 2.05) is 6.92 Å². The van der Waals surface area contributed by atoms with Gasteiger partial charge in [0.15, 0.2) is 18.2 Å². The number of benzene rings is 1. The lowest BCUT2D eigenvalue weighted by atomic mass is 10.2. The van der Waals surface area contributed by atoms with Gasteiger partial charge in [0.25, 0.3) is 5.91 Å². The van der Waals surface area contributed by atoms with Crippen molar-refractivity contribution in [3.8, 4) is 5.75 Å². The van der Waals surface area contributed by atoms with Crippen LogP contribution >= 0.6 is 0 Å². The van der Waals surface area contributed by atoms with Crippen molar-refractivity contribution in [2.24, 2.45) is 0 Å². The Balaban J connectivity index is 1.93. The fourth-order valence-corrected chi connectivity index (χ4v) is 1.95. The highest BCUT2D eigenvalue weighted by molar-refractivity contribution is 5.78. The molecular formula is C14H18FNO3. The van der Waals surface area contributed by atoms with E-state index in [0.717, 1.165) is 18.4 Å². The lowest BCUT2D eigenvalue weighted by molar-refractivity contribution is -0.134. The van der Waals surface area contributed by atoms with Gasteiger partial charge in [0, 0.05) is 12.6 Å². The van der Waals surface area contributed by atoms with Crippen LogP contribution in [0.3, 0.4) is 0 Å². The first-order valence-corrected chi connectivity index (χ1v) is 6.41. The number of aliphatic hydroxyl groups is 1. The first kappa shape index (κ1) is 13.8. The monoisotopic (exact) mass is 267 g/mol. The quantitative estimate of drug-likeness (QED) is 0.849. The molecule has 1 amide bonds. The molecule has 0 radical (unpaired) electrons. The van der Waals surface area contributed by atoms with Gasteiger partial charge in [-0.25, -0.2) is 4.39 Å². The highest BCUT2D eigenvalue weighted by Gasteiger charge is 2.32. The van der Waals surface area contributed by atoms with Crippen molar-refractivity contribution in [3.05, 3.63) is 29.6 Å². The largest absolute Gasteiger partial charge is 0.481 e. The predicted molar refractivity (Wildman–Crippen MR) is 68.5 cm³/mol. The lowest BCUT2D eigenvalue weighted by Gasteiger charge is -2.21. The molecule has 1 N–H and O–H groups in total. The van der Waals surface area contributed by atoms with Crippen molar-refractivity contribution in [1.82, 2.24) is 4.90 Å². The van der Waals surface area contributed by atoms with E-state index in [9.17, 15) is 9.18 Å². The van der Waals surface area contributed by atoms with Crippen molar-refractivity contribution < 1.29 is 19.0 Å². The average molecular weight is 267 g/mol.